The Morgan fingerprint density at radius 1 is 1.07 bits per heavy atom. The van der Waals surface area contributed by atoms with Crippen molar-refractivity contribution in [3.63, 3.8) is 0 Å². The molecule has 0 saturated heterocycles. The molecule has 0 saturated carbocycles. The van der Waals surface area contributed by atoms with Gasteiger partial charge in [0.25, 0.3) is 0 Å². The molecule has 1 N–H and O–H groups in total. The van der Waals surface area contributed by atoms with E-state index < -0.39 is 16.0 Å². The van der Waals surface area contributed by atoms with Crippen molar-refractivity contribution in [2.75, 3.05) is 0 Å². The van der Waals surface area contributed by atoms with Crippen LogP contribution in [0.4, 0.5) is 0 Å². The van der Waals surface area contributed by atoms with Crippen molar-refractivity contribution < 1.29 is 22.4 Å². The second-order valence-corrected chi connectivity index (χ2v) is 7.77. The molecule has 0 bridgehead atoms. The van der Waals surface area contributed by atoms with Crippen LogP contribution in [0.15, 0.2) is 76.2 Å². The van der Waals surface area contributed by atoms with Crippen molar-refractivity contribution in [3.8, 4) is 0 Å². The van der Waals surface area contributed by atoms with Gasteiger partial charge in [-0.15, -0.1) is 0 Å². The minimum absolute atomic E-state index is 0.00771. The number of furan rings is 1. The standard InChI is InChI=1S/C19H16ClNO5S/c20-18-9-2-1-5-15(18)13-26-19(22)14-6-3-8-17(11-14)27(23,24)21-12-16-7-4-10-25-16/h1-11,21H,12-13H2. The van der Waals surface area contributed by atoms with Gasteiger partial charge in [-0.3, -0.25) is 0 Å². The van der Waals surface area contributed by atoms with Crippen molar-refractivity contribution in [2.24, 2.45) is 0 Å². The highest BCUT2D eigenvalue weighted by Crippen LogP contribution is 2.18. The molecule has 0 aliphatic heterocycles. The van der Waals surface area contributed by atoms with Gasteiger partial charge in [0, 0.05) is 10.6 Å². The van der Waals surface area contributed by atoms with Crippen LogP contribution in [-0.4, -0.2) is 14.4 Å². The molecule has 0 spiro atoms. The van der Waals surface area contributed by atoms with Crippen LogP contribution in [0.1, 0.15) is 21.7 Å². The number of halogens is 1. The van der Waals surface area contributed by atoms with Crippen molar-refractivity contribution in [3.05, 3.63) is 88.8 Å². The molecule has 2 aromatic carbocycles. The number of hydrogen-bond donors (Lipinski definition) is 1. The van der Waals surface area contributed by atoms with E-state index in [-0.39, 0.29) is 23.6 Å². The molecule has 3 aromatic rings. The zero-order valence-electron chi connectivity index (χ0n) is 14.1. The molecule has 27 heavy (non-hydrogen) atoms. The highest BCUT2D eigenvalue weighted by atomic mass is 35.5. The Kier molecular flexibility index (Phi) is 5.95. The van der Waals surface area contributed by atoms with Crippen LogP contribution in [0, 0.1) is 0 Å². The summed E-state index contributed by atoms with van der Waals surface area (Å²) in [5, 5.41) is 0.490. The Labute approximate surface area is 161 Å². The first-order chi connectivity index (χ1) is 13.0. The highest BCUT2D eigenvalue weighted by molar-refractivity contribution is 7.89. The minimum Gasteiger partial charge on any atom is -0.468 e. The lowest BCUT2D eigenvalue weighted by atomic mass is 10.2. The topological polar surface area (TPSA) is 85.6 Å². The molecule has 1 heterocycles. The lowest BCUT2D eigenvalue weighted by Gasteiger charge is -2.09. The average molecular weight is 406 g/mol. The fraction of sp³-hybridized carbons (Fsp3) is 0.105. The molecule has 3 rings (SSSR count). The zero-order valence-corrected chi connectivity index (χ0v) is 15.7. The number of hydrogen-bond acceptors (Lipinski definition) is 5. The van der Waals surface area contributed by atoms with Crippen molar-refractivity contribution in [1.29, 1.82) is 0 Å². The van der Waals surface area contributed by atoms with Crippen LogP contribution in [0.2, 0.25) is 5.02 Å². The Morgan fingerprint density at radius 3 is 2.63 bits per heavy atom. The van der Waals surface area contributed by atoms with E-state index in [9.17, 15) is 13.2 Å². The van der Waals surface area contributed by atoms with Crippen LogP contribution >= 0.6 is 11.6 Å². The van der Waals surface area contributed by atoms with Crippen LogP contribution in [0.3, 0.4) is 0 Å². The van der Waals surface area contributed by atoms with E-state index in [2.05, 4.69) is 4.72 Å². The number of benzene rings is 2. The van der Waals surface area contributed by atoms with Gasteiger partial charge in [-0.25, -0.2) is 17.9 Å². The maximum Gasteiger partial charge on any atom is 0.338 e. The molecule has 0 unspecified atom stereocenters. The number of sulfonamides is 1. The predicted octanol–water partition coefficient (Wildman–Crippen LogP) is 3.77. The summed E-state index contributed by atoms with van der Waals surface area (Å²) in [7, 11) is -3.81. The average Bonchev–Trinajstić information content (AvgIpc) is 3.19. The Balaban J connectivity index is 1.68. The third kappa shape index (κ3) is 4.97. The normalized spacial score (nSPS) is 11.3. The molecule has 8 heteroatoms. The Hall–Kier alpha value is -2.61. The van der Waals surface area contributed by atoms with E-state index in [0.717, 1.165) is 0 Å². The van der Waals surface area contributed by atoms with Crippen LogP contribution < -0.4 is 4.72 Å². The third-order valence-electron chi connectivity index (χ3n) is 3.71. The summed E-state index contributed by atoms with van der Waals surface area (Å²) >= 11 is 6.03. The molecule has 0 atom stereocenters. The molecule has 1 aromatic heterocycles. The molecule has 6 nitrogen and oxygen atoms in total. The molecule has 140 valence electrons. The third-order valence-corrected chi connectivity index (χ3v) is 5.48. The maximum atomic E-state index is 12.4. The number of ether oxygens (including phenoxy) is 1. The first-order valence-corrected chi connectivity index (χ1v) is 9.84. The number of carbonyl (C=O) groups excluding carboxylic acids is 1. The van der Waals surface area contributed by atoms with Gasteiger partial charge in [0.1, 0.15) is 12.4 Å². The maximum absolute atomic E-state index is 12.4. The number of esters is 1. The van der Waals surface area contributed by atoms with Gasteiger partial charge in [-0.2, -0.15) is 0 Å². The van der Waals surface area contributed by atoms with Crippen LogP contribution in [-0.2, 0) is 27.9 Å². The van der Waals surface area contributed by atoms with Crippen LogP contribution in [0.25, 0.3) is 0 Å². The molecule has 0 aliphatic rings. The van der Waals surface area contributed by atoms with Gasteiger partial charge in [-0.05, 0) is 36.4 Å². The second-order valence-electron chi connectivity index (χ2n) is 5.60. The SMILES string of the molecule is O=C(OCc1ccccc1Cl)c1cccc(S(=O)(=O)NCc2ccco2)c1. The quantitative estimate of drug-likeness (QED) is 0.605. The van der Waals surface area contributed by atoms with E-state index in [0.29, 0.717) is 16.3 Å². The monoisotopic (exact) mass is 405 g/mol. The van der Waals surface area contributed by atoms with Crippen molar-refractivity contribution >= 4 is 27.6 Å². The first-order valence-electron chi connectivity index (χ1n) is 7.98. The molecule has 0 radical (unpaired) electrons. The van der Waals surface area contributed by atoms with Gasteiger partial charge in [0.2, 0.25) is 10.0 Å². The molecular formula is C19H16ClNO5S. The van der Waals surface area contributed by atoms with Crippen molar-refractivity contribution in [2.45, 2.75) is 18.0 Å². The van der Waals surface area contributed by atoms with E-state index in [4.69, 9.17) is 20.8 Å². The van der Waals surface area contributed by atoms with E-state index in [1.54, 1.807) is 36.4 Å². The van der Waals surface area contributed by atoms with Crippen molar-refractivity contribution in [1.82, 2.24) is 4.72 Å². The number of rotatable bonds is 7. The molecular weight excluding hydrogens is 390 g/mol. The molecule has 0 aliphatic carbocycles. The lowest BCUT2D eigenvalue weighted by Crippen LogP contribution is -2.23. The van der Waals surface area contributed by atoms with Gasteiger partial charge >= 0.3 is 5.97 Å². The van der Waals surface area contributed by atoms with E-state index >= 15 is 0 Å². The number of carbonyl (C=O) groups is 1. The fourth-order valence-electron chi connectivity index (χ4n) is 2.29. The summed E-state index contributed by atoms with van der Waals surface area (Å²) in [6, 6.07) is 16.0. The van der Waals surface area contributed by atoms with Gasteiger partial charge in [-0.1, -0.05) is 35.9 Å². The highest BCUT2D eigenvalue weighted by Gasteiger charge is 2.17. The Bertz CT molecular complexity index is 1030. The Morgan fingerprint density at radius 2 is 1.89 bits per heavy atom. The van der Waals surface area contributed by atoms with Crippen LogP contribution in [0.5, 0.6) is 0 Å². The summed E-state index contributed by atoms with van der Waals surface area (Å²) in [5.74, 6) is -0.160. The predicted molar refractivity (Wildman–Crippen MR) is 99.7 cm³/mol. The van der Waals surface area contributed by atoms with Gasteiger partial charge < -0.3 is 9.15 Å². The van der Waals surface area contributed by atoms with Gasteiger partial charge in [0.05, 0.1) is 23.3 Å². The van der Waals surface area contributed by atoms with E-state index in [1.165, 1.54) is 30.5 Å². The zero-order chi connectivity index (χ0) is 19.3. The molecule has 0 fully saturated rings. The second kappa shape index (κ2) is 8.39. The lowest BCUT2D eigenvalue weighted by molar-refractivity contribution is 0.0472. The summed E-state index contributed by atoms with van der Waals surface area (Å²) in [6.07, 6.45) is 1.46. The largest absolute Gasteiger partial charge is 0.468 e. The van der Waals surface area contributed by atoms with Gasteiger partial charge in [0.15, 0.2) is 0 Å². The summed E-state index contributed by atoms with van der Waals surface area (Å²) < 4.78 is 37.6. The summed E-state index contributed by atoms with van der Waals surface area (Å²) in [5.41, 5.74) is 0.791. The molecule has 0 amide bonds. The summed E-state index contributed by atoms with van der Waals surface area (Å²) in [4.78, 5) is 12.2. The number of nitrogens with one attached hydrogen (secondary N) is 1. The smallest absolute Gasteiger partial charge is 0.338 e. The van der Waals surface area contributed by atoms with E-state index in [1.807, 2.05) is 0 Å². The fourth-order valence-corrected chi connectivity index (χ4v) is 3.52. The minimum atomic E-state index is -3.81. The first kappa shape index (κ1) is 19.2. The summed E-state index contributed by atoms with van der Waals surface area (Å²) in [6.45, 7) is 0.00272.